The van der Waals surface area contributed by atoms with E-state index in [1.165, 1.54) is 0 Å². The van der Waals surface area contributed by atoms with Crippen LogP contribution in [0.25, 0.3) is 0 Å². The maximum Gasteiger partial charge on any atom is 0.416 e. The van der Waals surface area contributed by atoms with Gasteiger partial charge >= 0.3 is 18.0 Å². The van der Waals surface area contributed by atoms with Crippen molar-refractivity contribution < 1.29 is 27.9 Å². The minimum atomic E-state index is -4.45. The number of nitrogens with one attached hydrogen (secondary N) is 2. The molecule has 1 aromatic rings. The fourth-order valence-electron chi connectivity index (χ4n) is 1.66. The Bertz CT molecular complexity index is 542. The summed E-state index contributed by atoms with van der Waals surface area (Å²) in [5.41, 5.74) is -0.619. The summed E-state index contributed by atoms with van der Waals surface area (Å²) in [5.74, 6) is -1.54. The lowest BCUT2D eigenvalue weighted by atomic mass is 10.1. The van der Waals surface area contributed by atoms with Crippen molar-refractivity contribution >= 4 is 11.8 Å². The molecule has 0 aliphatic heterocycles. The first-order chi connectivity index (χ1) is 10.6. The van der Waals surface area contributed by atoms with Gasteiger partial charge in [-0.1, -0.05) is 26.0 Å². The molecular formula is C15H19F3N2O3. The number of rotatable bonds is 5. The number of benzene rings is 1. The summed E-state index contributed by atoms with van der Waals surface area (Å²) in [5, 5.41) is 14.5. The van der Waals surface area contributed by atoms with Crippen molar-refractivity contribution in [3.8, 4) is 0 Å². The molecule has 1 unspecified atom stereocenters. The number of hydrogen-bond acceptors (Lipinski definition) is 3. The highest BCUT2D eigenvalue weighted by Gasteiger charge is 2.30. The molecule has 5 nitrogen and oxygen atoms in total. The van der Waals surface area contributed by atoms with Crippen LogP contribution in [0, 0.1) is 5.92 Å². The highest BCUT2D eigenvalue weighted by molar-refractivity contribution is 6.35. The molecule has 0 aliphatic rings. The van der Waals surface area contributed by atoms with E-state index in [4.69, 9.17) is 0 Å². The molecule has 0 bridgehead atoms. The van der Waals surface area contributed by atoms with Crippen molar-refractivity contribution in [3.63, 3.8) is 0 Å². The molecule has 0 aliphatic carbocycles. The second-order valence-electron chi connectivity index (χ2n) is 5.45. The van der Waals surface area contributed by atoms with E-state index < -0.39 is 29.7 Å². The third-order valence-corrected chi connectivity index (χ3v) is 2.96. The van der Waals surface area contributed by atoms with E-state index in [-0.39, 0.29) is 18.0 Å². The van der Waals surface area contributed by atoms with Gasteiger partial charge in [-0.2, -0.15) is 13.2 Å². The topological polar surface area (TPSA) is 78.4 Å². The number of carbonyl (C=O) groups is 2. The van der Waals surface area contributed by atoms with Gasteiger partial charge in [0.25, 0.3) is 0 Å². The largest absolute Gasteiger partial charge is 0.416 e. The summed E-state index contributed by atoms with van der Waals surface area (Å²) in [7, 11) is 0. The van der Waals surface area contributed by atoms with E-state index in [0.29, 0.717) is 6.54 Å². The average molecular weight is 332 g/mol. The molecule has 3 N–H and O–H groups in total. The zero-order valence-corrected chi connectivity index (χ0v) is 12.8. The lowest BCUT2D eigenvalue weighted by molar-refractivity contribution is -0.139. The monoisotopic (exact) mass is 332 g/mol. The van der Waals surface area contributed by atoms with E-state index in [9.17, 15) is 27.9 Å². The van der Waals surface area contributed by atoms with Gasteiger partial charge in [-0.15, -0.1) is 0 Å². The van der Waals surface area contributed by atoms with Crippen LogP contribution in [0.2, 0.25) is 0 Å². The Morgan fingerprint density at radius 3 is 1.96 bits per heavy atom. The van der Waals surface area contributed by atoms with Gasteiger partial charge in [-0.3, -0.25) is 9.59 Å². The fraction of sp³-hybridized carbons (Fsp3) is 0.467. The molecule has 23 heavy (non-hydrogen) atoms. The molecular weight excluding hydrogens is 313 g/mol. The fourth-order valence-corrected chi connectivity index (χ4v) is 1.66. The first-order valence-electron chi connectivity index (χ1n) is 7.02. The average Bonchev–Trinajstić information content (AvgIpc) is 2.49. The first-order valence-corrected chi connectivity index (χ1v) is 7.02. The number of aliphatic hydroxyl groups is 1. The van der Waals surface area contributed by atoms with Crippen LogP contribution >= 0.6 is 0 Å². The maximum absolute atomic E-state index is 12.4. The quantitative estimate of drug-likeness (QED) is 0.717. The van der Waals surface area contributed by atoms with E-state index in [1.807, 2.05) is 13.8 Å². The van der Waals surface area contributed by atoms with Crippen molar-refractivity contribution in [1.82, 2.24) is 10.6 Å². The van der Waals surface area contributed by atoms with Gasteiger partial charge in [0.15, 0.2) is 0 Å². The van der Waals surface area contributed by atoms with Crippen molar-refractivity contribution in [2.24, 2.45) is 5.92 Å². The summed E-state index contributed by atoms with van der Waals surface area (Å²) in [6, 6.07) is 3.93. The summed E-state index contributed by atoms with van der Waals surface area (Å²) in [6.07, 6.45) is -5.66. The molecule has 1 aromatic carbocycles. The summed E-state index contributed by atoms with van der Waals surface area (Å²) in [6.45, 7) is 3.80. The molecule has 0 spiro atoms. The third kappa shape index (κ3) is 6.27. The Labute approximate surface area is 131 Å². The molecule has 2 amide bonds. The Balaban J connectivity index is 2.51. The second kappa shape index (κ2) is 7.96. The first kappa shape index (κ1) is 19.0. The number of aliphatic hydroxyl groups excluding tert-OH is 1. The van der Waals surface area contributed by atoms with Gasteiger partial charge in [0.2, 0.25) is 0 Å². The van der Waals surface area contributed by atoms with Gasteiger partial charge in [0, 0.05) is 13.1 Å². The Kier molecular flexibility index (Phi) is 6.56. The zero-order chi connectivity index (χ0) is 17.6. The Hall–Kier alpha value is -2.09. The van der Waals surface area contributed by atoms with E-state index in [2.05, 4.69) is 10.6 Å². The van der Waals surface area contributed by atoms with Crippen LogP contribution in [-0.2, 0) is 15.8 Å². The van der Waals surface area contributed by atoms with Crippen LogP contribution < -0.4 is 10.6 Å². The van der Waals surface area contributed by atoms with Crippen LogP contribution in [0.3, 0.4) is 0 Å². The molecule has 0 radical (unpaired) electrons. The number of halogens is 3. The second-order valence-corrected chi connectivity index (χ2v) is 5.45. The highest BCUT2D eigenvalue weighted by atomic mass is 19.4. The standard InChI is InChI=1S/C15H19F3N2O3/c1-9(2)7-19-13(22)14(23)20-8-12(21)10-3-5-11(6-4-10)15(16,17)18/h3-6,9,12,21H,7-8H2,1-2H3,(H,19,22)(H,20,23). The van der Waals surface area contributed by atoms with Crippen molar-refractivity contribution in [3.05, 3.63) is 35.4 Å². The molecule has 1 rings (SSSR count). The molecule has 0 heterocycles. The number of amides is 2. The third-order valence-electron chi connectivity index (χ3n) is 2.96. The van der Waals surface area contributed by atoms with Crippen LogP contribution in [0.15, 0.2) is 24.3 Å². The number of carbonyl (C=O) groups excluding carboxylic acids is 2. The predicted molar refractivity (Wildman–Crippen MR) is 77.3 cm³/mol. The van der Waals surface area contributed by atoms with Gasteiger partial charge < -0.3 is 15.7 Å². The van der Waals surface area contributed by atoms with Crippen molar-refractivity contribution in [2.45, 2.75) is 26.1 Å². The summed E-state index contributed by atoms with van der Waals surface area (Å²) < 4.78 is 37.3. The van der Waals surface area contributed by atoms with Gasteiger partial charge in [-0.05, 0) is 23.6 Å². The van der Waals surface area contributed by atoms with Crippen LogP contribution in [-0.4, -0.2) is 30.0 Å². The van der Waals surface area contributed by atoms with Crippen LogP contribution in [0.1, 0.15) is 31.1 Å². The number of alkyl halides is 3. The normalized spacial score (nSPS) is 12.8. The SMILES string of the molecule is CC(C)CNC(=O)C(=O)NCC(O)c1ccc(C(F)(F)F)cc1. The van der Waals surface area contributed by atoms with E-state index >= 15 is 0 Å². The molecule has 0 aromatic heterocycles. The zero-order valence-electron chi connectivity index (χ0n) is 12.8. The molecule has 8 heteroatoms. The van der Waals surface area contributed by atoms with E-state index in [0.717, 1.165) is 24.3 Å². The highest BCUT2D eigenvalue weighted by Crippen LogP contribution is 2.29. The van der Waals surface area contributed by atoms with Crippen molar-refractivity contribution in [2.75, 3.05) is 13.1 Å². The molecule has 0 saturated carbocycles. The van der Waals surface area contributed by atoms with Crippen LogP contribution in [0.5, 0.6) is 0 Å². The minimum absolute atomic E-state index is 0.185. The molecule has 0 fully saturated rings. The molecule has 128 valence electrons. The Morgan fingerprint density at radius 2 is 1.52 bits per heavy atom. The smallest absolute Gasteiger partial charge is 0.387 e. The summed E-state index contributed by atoms with van der Waals surface area (Å²) in [4.78, 5) is 22.9. The van der Waals surface area contributed by atoms with Gasteiger partial charge in [-0.25, -0.2) is 0 Å². The summed E-state index contributed by atoms with van der Waals surface area (Å²) >= 11 is 0. The van der Waals surface area contributed by atoms with Gasteiger partial charge in [0.1, 0.15) is 0 Å². The van der Waals surface area contributed by atoms with Crippen LogP contribution in [0.4, 0.5) is 13.2 Å². The predicted octanol–water partition coefficient (Wildman–Crippen LogP) is 1.63. The molecule has 0 saturated heterocycles. The molecule has 1 atom stereocenters. The number of hydrogen-bond donors (Lipinski definition) is 3. The van der Waals surface area contributed by atoms with Crippen molar-refractivity contribution in [1.29, 1.82) is 0 Å². The van der Waals surface area contributed by atoms with Gasteiger partial charge in [0.05, 0.1) is 11.7 Å². The lowest BCUT2D eigenvalue weighted by Crippen LogP contribution is -2.42. The minimum Gasteiger partial charge on any atom is -0.387 e. The lowest BCUT2D eigenvalue weighted by Gasteiger charge is -2.14. The van der Waals surface area contributed by atoms with E-state index in [1.54, 1.807) is 0 Å². The Morgan fingerprint density at radius 1 is 1.04 bits per heavy atom. The maximum atomic E-state index is 12.4.